The molecule has 0 radical (unpaired) electrons. The van der Waals surface area contributed by atoms with Gasteiger partial charge in [-0.3, -0.25) is 9.35 Å². The number of rotatable bonds is 8. The SMILES string of the molecule is O=C(CCCCCc1ccccc1)[C@@H]1CCCCN1S(=O)(=O)O. The van der Waals surface area contributed by atoms with Crippen molar-refractivity contribution in [3.8, 4) is 0 Å². The van der Waals surface area contributed by atoms with Crippen molar-refractivity contribution in [3.05, 3.63) is 35.9 Å². The van der Waals surface area contributed by atoms with E-state index in [2.05, 4.69) is 12.1 Å². The van der Waals surface area contributed by atoms with E-state index in [-0.39, 0.29) is 12.3 Å². The van der Waals surface area contributed by atoms with E-state index in [1.807, 2.05) is 18.2 Å². The zero-order valence-corrected chi connectivity index (χ0v) is 14.2. The van der Waals surface area contributed by atoms with Gasteiger partial charge in [0.25, 0.3) is 0 Å². The van der Waals surface area contributed by atoms with Crippen molar-refractivity contribution in [1.29, 1.82) is 0 Å². The minimum atomic E-state index is -4.28. The number of hydrogen-bond donors (Lipinski definition) is 1. The summed E-state index contributed by atoms with van der Waals surface area (Å²) >= 11 is 0. The maximum Gasteiger partial charge on any atom is 0.336 e. The predicted molar refractivity (Wildman–Crippen MR) is 89.5 cm³/mol. The minimum absolute atomic E-state index is 0.0676. The van der Waals surface area contributed by atoms with E-state index in [9.17, 15) is 17.8 Å². The lowest BCUT2D eigenvalue weighted by molar-refractivity contribution is -0.123. The first-order valence-electron chi connectivity index (χ1n) is 8.29. The molecule has 1 N–H and O–H groups in total. The molecule has 0 aromatic heterocycles. The summed E-state index contributed by atoms with van der Waals surface area (Å²) in [6, 6.07) is 9.55. The summed E-state index contributed by atoms with van der Waals surface area (Å²) in [6.07, 6.45) is 6.14. The molecule has 0 amide bonds. The van der Waals surface area contributed by atoms with Gasteiger partial charge in [0.15, 0.2) is 5.78 Å². The van der Waals surface area contributed by atoms with Gasteiger partial charge in [-0.15, -0.1) is 0 Å². The largest absolute Gasteiger partial charge is 0.336 e. The van der Waals surface area contributed by atoms with Crippen LogP contribution in [0.5, 0.6) is 0 Å². The highest BCUT2D eigenvalue weighted by molar-refractivity contribution is 7.83. The second kappa shape index (κ2) is 8.57. The fourth-order valence-corrected chi connectivity index (χ4v) is 4.02. The average Bonchev–Trinajstić information content (AvgIpc) is 2.54. The van der Waals surface area contributed by atoms with Gasteiger partial charge in [-0.1, -0.05) is 43.2 Å². The lowest BCUT2D eigenvalue weighted by Gasteiger charge is -2.31. The van der Waals surface area contributed by atoms with Gasteiger partial charge in [-0.2, -0.15) is 12.7 Å². The summed E-state index contributed by atoms with van der Waals surface area (Å²) in [6.45, 7) is 0.239. The number of benzene rings is 1. The lowest BCUT2D eigenvalue weighted by atomic mass is 9.97. The molecule has 0 unspecified atom stereocenters. The Morgan fingerprint density at radius 1 is 1.13 bits per heavy atom. The summed E-state index contributed by atoms with van der Waals surface area (Å²) in [5.74, 6) is -0.0676. The molecule has 2 rings (SSSR count). The molecule has 1 aromatic rings. The van der Waals surface area contributed by atoms with Gasteiger partial charge in [-0.25, -0.2) is 0 Å². The van der Waals surface area contributed by atoms with E-state index >= 15 is 0 Å². The molecule has 0 aliphatic carbocycles. The number of carbonyl (C=O) groups excluding carboxylic acids is 1. The van der Waals surface area contributed by atoms with Gasteiger partial charge in [0.1, 0.15) is 0 Å². The van der Waals surface area contributed by atoms with Crippen LogP contribution in [0.3, 0.4) is 0 Å². The summed E-state index contributed by atoms with van der Waals surface area (Å²) in [5.41, 5.74) is 1.30. The second-order valence-corrected chi connectivity index (χ2v) is 7.48. The van der Waals surface area contributed by atoms with Gasteiger partial charge < -0.3 is 0 Å². The molecule has 1 aromatic carbocycles. The fraction of sp³-hybridized carbons (Fsp3) is 0.588. The van der Waals surface area contributed by atoms with Crippen molar-refractivity contribution in [2.75, 3.05) is 6.54 Å². The van der Waals surface area contributed by atoms with E-state index in [0.717, 1.165) is 36.4 Å². The van der Waals surface area contributed by atoms with Crippen LogP contribution in [0.15, 0.2) is 30.3 Å². The van der Waals surface area contributed by atoms with E-state index in [1.165, 1.54) is 5.56 Å². The Labute approximate surface area is 138 Å². The zero-order valence-electron chi connectivity index (χ0n) is 13.4. The van der Waals surface area contributed by atoms with Crippen LogP contribution >= 0.6 is 0 Å². The molecule has 5 nitrogen and oxygen atoms in total. The minimum Gasteiger partial charge on any atom is -0.298 e. The van der Waals surface area contributed by atoms with E-state index in [1.54, 1.807) is 0 Å². The van der Waals surface area contributed by atoms with Gasteiger partial charge >= 0.3 is 10.3 Å². The number of piperidine rings is 1. The number of Topliss-reactive ketones (excluding diaryl/α,β-unsaturated/α-hetero) is 1. The van der Waals surface area contributed by atoms with E-state index in [4.69, 9.17) is 0 Å². The predicted octanol–water partition coefficient (Wildman–Crippen LogP) is 3.02. The zero-order chi connectivity index (χ0) is 16.7. The van der Waals surface area contributed by atoms with Crippen molar-refractivity contribution in [2.24, 2.45) is 0 Å². The number of carbonyl (C=O) groups is 1. The first-order chi connectivity index (χ1) is 11.0. The topological polar surface area (TPSA) is 74.7 Å². The van der Waals surface area contributed by atoms with Crippen LogP contribution in [0.25, 0.3) is 0 Å². The van der Waals surface area contributed by atoms with E-state index < -0.39 is 16.3 Å². The van der Waals surface area contributed by atoms with Crippen LogP contribution in [0.2, 0.25) is 0 Å². The number of unbranched alkanes of at least 4 members (excludes halogenated alkanes) is 2. The summed E-state index contributed by atoms with van der Waals surface area (Å²) < 4.78 is 32.9. The number of aryl methyl sites for hydroxylation is 1. The van der Waals surface area contributed by atoms with Crippen molar-refractivity contribution in [1.82, 2.24) is 4.31 Å². The van der Waals surface area contributed by atoms with Crippen molar-refractivity contribution < 1.29 is 17.8 Å². The molecule has 1 saturated heterocycles. The molecule has 0 bridgehead atoms. The summed E-state index contributed by atoms with van der Waals surface area (Å²) in [4.78, 5) is 12.3. The molecular weight excluding hydrogens is 314 g/mol. The normalized spacial score (nSPS) is 19.6. The van der Waals surface area contributed by atoms with Crippen LogP contribution in [0, 0.1) is 0 Å². The number of nitrogens with zero attached hydrogens (tertiary/aromatic N) is 1. The van der Waals surface area contributed by atoms with Crippen LogP contribution in [0.4, 0.5) is 0 Å². The quantitative estimate of drug-likeness (QED) is 0.583. The molecule has 1 fully saturated rings. The Hall–Kier alpha value is -1.24. The highest BCUT2D eigenvalue weighted by Gasteiger charge is 2.34. The Balaban J connectivity index is 1.73. The van der Waals surface area contributed by atoms with Gasteiger partial charge in [0, 0.05) is 13.0 Å². The summed E-state index contributed by atoms with van der Waals surface area (Å²) in [5, 5.41) is 0. The Bertz CT molecular complexity index is 600. The van der Waals surface area contributed by atoms with Crippen molar-refractivity contribution in [3.63, 3.8) is 0 Å². The third kappa shape index (κ3) is 5.71. The van der Waals surface area contributed by atoms with Crippen LogP contribution in [-0.2, 0) is 21.5 Å². The molecule has 1 aliphatic rings. The molecule has 1 atom stereocenters. The molecule has 0 saturated carbocycles. The van der Waals surface area contributed by atoms with E-state index in [0.29, 0.717) is 19.3 Å². The van der Waals surface area contributed by atoms with Crippen molar-refractivity contribution >= 4 is 16.1 Å². The Kier molecular flexibility index (Phi) is 6.74. The van der Waals surface area contributed by atoms with Gasteiger partial charge in [-0.05, 0) is 37.7 Å². The van der Waals surface area contributed by atoms with Crippen LogP contribution < -0.4 is 0 Å². The highest BCUT2D eigenvalue weighted by atomic mass is 32.2. The molecule has 0 spiro atoms. The molecule has 1 heterocycles. The maximum absolute atomic E-state index is 12.3. The van der Waals surface area contributed by atoms with Crippen LogP contribution in [-0.4, -0.2) is 35.6 Å². The standard InChI is InChI=1S/C17H25NO4S/c19-17(16-12-7-8-14-18(16)23(20,21)22)13-6-2-5-11-15-9-3-1-4-10-15/h1,3-4,9-10,16H,2,5-8,11-14H2,(H,20,21,22)/t16-/m0/s1. The first kappa shape index (κ1) is 18.1. The Morgan fingerprint density at radius 2 is 1.87 bits per heavy atom. The smallest absolute Gasteiger partial charge is 0.298 e. The maximum atomic E-state index is 12.3. The van der Waals surface area contributed by atoms with Crippen LogP contribution in [0.1, 0.15) is 50.5 Å². The highest BCUT2D eigenvalue weighted by Crippen LogP contribution is 2.22. The molecule has 128 valence electrons. The molecule has 1 aliphatic heterocycles. The monoisotopic (exact) mass is 339 g/mol. The first-order valence-corrected chi connectivity index (χ1v) is 9.69. The third-order valence-corrected chi connectivity index (χ3v) is 5.38. The van der Waals surface area contributed by atoms with Gasteiger partial charge in [0.05, 0.1) is 6.04 Å². The average molecular weight is 339 g/mol. The van der Waals surface area contributed by atoms with Gasteiger partial charge in [0.2, 0.25) is 0 Å². The second-order valence-electron chi connectivity index (χ2n) is 6.11. The number of hydrogen-bond acceptors (Lipinski definition) is 3. The summed E-state index contributed by atoms with van der Waals surface area (Å²) in [7, 11) is -4.28. The molecule has 6 heteroatoms. The molecular formula is C17H25NO4S. The fourth-order valence-electron chi connectivity index (χ4n) is 3.12. The lowest BCUT2D eigenvalue weighted by Crippen LogP contribution is -2.47. The molecule has 23 heavy (non-hydrogen) atoms. The number of ketones is 1. The Morgan fingerprint density at radius 3 is 2.57 bits per heavy atom. The van der Waals surface area contributed by atoms with Crippen molar-refractivity contribution in [2.45, 2.75) is 57.4 Å². The third-order valence-electron chi connectivity index (χ3n) is 4.35.